The maximum atomic E-state index is 12.4. The van der Waals surface area contributed by atoms with Gasteiger partial charge in [-0.05, 0) is 49.7 Å². The number of carbonyl (C=O) groups is 1. The fourth-order valence-corrected chi connectivity index (χ4v) is 2.61. The van der Waals surface area contributed by atoms with Crippen molar-refractivity contribution in [3.05, 3.63) is 66.1 Å². The van der Waals surface area contributed by atoms with E-state index in [9.17, 15) is 4.79 Å². The molecule has 7 heteroatoms. The Morgan fingerprint density at radius 3 is 2.80 bits per heavy atom. The van der Waals surface area contributed by atoms with E-state index in [1.165, 1.54) is 17.2 Å². The zero-order valence-corrected chi connectivity index (χ0v) is 13.7. The van der Waals surface area contributed by atoms with Gasteiger partial charge >= 0.3 is 0 Å². The number of pyridine rings is 1. The number of nitrogens with one attached hydrogen (secondary N) is 1. The molecule has 0 aliphatic rings. The highest BCUT2D eigenvalue weighted by Crippen LogP contribution is 2.27. The van der Waals surface area contributed by atoms with E-state index < -0.39 is 0 Å². The lowest BCUT2D eigenvalue weighted by molar-refractivity contribution is 0.102. The fraction of sp³-hybridized carbons (Fsp3) is 0.111. The number of hydrogen-bond acceptors (Lipinski definition) is 5. The number of nitrogens with zero attached hydrogens (tertiary/aromatic N) is 4. The molecule has 0 aliphatic heterocycles. The fourth-order valence-electron chi connectivity index (χ4n) is 2.61. The van der Waals surface area contributed by atoms with Gasteiger partial charge in [0.1, 0.15) is 24.0 Å². The summed E-state index contributed by atoms with van der Waals surface area (Å²) in [6.45, 7) is 3.93. The van der Waals surface area contributed by atoms with Crippen LogP contribution in [0.1, 0.15) is 21.7 Å². The van der Waals surface area contributed by atoms with E-state index >= 15 is 0 Å². The van der Waals surface area contributed by atoms with Gasteiger partial charge in [-0.2, -0.15) is 5.10 Å². The lowest BCUT2D eigenvalue weighted by Crippen LogP contribution is -2.12. The maximum absolute atomic E-state index is 12.4. The first-order chi connectivity index (χ1) is 12.1. The van der Waals surface area contributed by atoms with Crippen LogP contribution in [-0.4, -0.2) is 25.7 Å². The van der Waals surface area contributed by atoms with Crippen LogP contribution in [0, 0.1) is 13.8 Å². The molecule has 25 heavy (non-hydrogen) atoms. The largest absolute Gasteiger partial charge is 0.461 e. The highest BCUT2D eigenvalue weighted by Gasteiger charge is 2.11. The molecule has 1 N–H and O–H groups in total. The van der Waals surface area contributed by atoms with Gasteiger partial charge in [-0.1, -0.05) is 0 Å². The lowest BCUT2D eigenvalue weighted by Gasteiger charge is -2.06. The number of fused-ring (bicyclic) bond motifs is 1. The van der Waals surface area contributed by atoms with Gasteiger partial charge in [0.25, 0.3) is 5.91 Å². The second-order valence-electron chi connectivity index (χ2n) is 5.69. The first-order valence-electron chi connectivity index (χ1n) is 7.74. The highest BCUT2D eigenvalue weighted by atomic mass is 16.3. The molecular weight excluding hydrogens is 318 g/mol. The summed E-state index contributed by atoms with van der Waals surface area (Å²) in [6, 6.07) is 9.01. The van der Waals surface area contributed by atoms with Crippen molar-refractivity contribution in [3.8, 4) is 5.82 Å². The van der Waals surface area contributed by atoms with Crippen molar-refractivity contribution in [2.24, 2.45) is 0 Å². The second kappa shape index (κ2) is 5.86. The van der Waals surface area contributed by atoms with E-state index in [2.05, 4.69) is 20.4 Å². The Hall–Kier alpha value is -3.48. The van der Waals surface area contributed by atoms with Crippen LogP contribution < -0.4 is 5.32 Å². The SMILES string of the molecule is Cc1oc2ccc(NC(=O)c3ccc(-n4cncn4)nc3)cc2c1C. The summed E-state index contributed by atoms with van der Waals surface area (Å²) in [5.41, 5.74) is 3.06. The average molecular weight is 333 g/mol. The van der Waals surface area contributed by atoms with Crippen LogP contribution in [0.4, 0.5) is 5.69 Å². The van der Waals surface area contributed by atoms with Gasteiger partial charge in [0.15, 0.2) is 5.82 Å². The molecule has 0 spiro atoms. The number of amides is 1. The first kappa shape index (κ1) is 15.1. The predicted octanol–water partition coefficient (Wildman–Crippen LogP) is 3.28. The summed E-state index contributed by atoms with van der Waals surface area (Å²) in [5.74, 6) is 1.25. The van der Waals surface area contributed by atoms with E-state index in [1.54, 1.807) is 18.5 Å². The molecule has 1 aromatic carbocycles. The van der Waals surface area contributed by atoms with Crippen molar-refractivity contribution in [3.63, 3.8) is 0 Å². The van der Waals surface area contributed by atoms with Crippen LogP contribution in [0.15, 0.2) is 53.6 Å². The first-order valence-corrected chi connectivity index (χ1v) is 7.74. The number of furan rings is 1. The van der Waals surface area contributed by atoms with Crippen molar-refractivity contribution < 1.29 is 9.21 Å². The van der Waals surface area contributed by atoms with Crippen LogP contribution in [0.3, 0.4) is 0 Å². The molecule has 4 rings (SSSR count). The summed E-state index contributed by atoms with van der Waals surface area (Å²) in [7, 11) is 0. The smallest absolute Gasteiger partial charge is 0.257 e. The molecule has 3 heterocycles. The lowest BCUT2D eigenvalue weighted by atomic mass is 10.1. The van der Waals surface area contributed by atoms with E-state index in [4.69, 9.17) is 4.42 Å². The van der Waals surface area contributed by atoms with Crippen molar-refractivity contribution in [2.45, 2.75) is 13.8 Å². The number of aryl methyl sites for hydroxylation is 2. The molecule has 0 atom stereocenters. The number of carbonyl (C=O) groups excluding carboxylic acids is 1. The molecule has 0 aliphatic carbocycles. The molecule has 0 radical (unpaired) electrons. The van der Waals surface area contributed by atoms with E-state index in [-0.39, 0.29) is 5.91 Å². The van der Waals surface area contributed by atoms with Gasteiger partial charge in [0.05, 0.1) is 5.56 Å². The minimum atomic E-state index is -0.227. The Kier molecular flexibility index (Phi) is 3.53. The standard InChI is InChI=1S/C18H15N5O2/c1-11-12(2)25-16-5-4-14(7-15(11)16)22-18(24)13-3-6-17(20-8-13)23-10-19-9-21-23/h3-10H,1-2H3,(H,22,24). The zero-order chi connectivity index (χ0) is 17.4. The molecule has 124 valence electrons. The molecule has 0 bridgehead atoms. The molecule has 4 aromatic rings. The number of hydrogen-bond donors (Lipinski definition) is 1. The maximum Gasteiger partial charge on any atom is 0.257 e. The Labute approximate surface area is 143 Å². The van der Waals surface area contributed by atoms with Crippen LogP contribution in [0.2, 0.25) is 0 Å². The third kappa shape index (κ3) is 2.76. The molecule has 0 unspecified atom stereocenters. The minimum absolute atomic E-state index is 0.227. The van der Waals surface area contributed by atoms with Gasteiger partial charge in [-0.15, -0.1) is 0 Å². The summed E-state index contributed by atoms with van der Waals surface area (Å²) in [5, 5.41) is 7.88. The molecular formula is C18H15N5O2. The van der Waals surface area contributed by atoms with Crippen LogP contribution >= 0.6 is 0 Å². The zero-order valence-electron chi connectivity index (χ0n) is 13.7. The van der Waals surface area contributed by atoms with Gasteiger partial charge in [0.2, 0.25) is 0 Å². The van der Waals surface area contributed by atoms with Crippen molar-refractivity contribution in [2.75, 3.05) is 5.32 Å². The van der Waals surface area contributed by atoms with Crippen molar-refractivity contribution in [1.29, 1.82) is 0 Å². The molecule has 0 saturated carbocycles. The van der Waals surface area contributed by atoms with Gasteiger partial charge < -0.3 is 9.73 Å². The monoisotopic (exact) mass is 333 g/mol. The Bertz CT molecular complexity index is 1050. The van der Waals surface area contributed by atoms with Crippen LogP contribution in [0.25, 0.3) is 16.8 Å². The number of benzene rings is 1. The second-order valence-corrected chi connectivity index (χ2v) is 5.69. The summed E-state index contributed by atoms with van der Waals surface area (Å²) < 4.78 is 7.18. The molecule has 0 saturated heterocycles. The summed E-state index contributed by atoms with van der Waals surface area (Å²) in [4.78, 5) is 20.5. The van der Waals surface area contributed by atoms with E-state index in [0.29, 0.717) is 17.1 Å². The van der Waals surface area contributed by atoms with E-state index in [0.717, 1.165) is 22.3 Å². The molecule has 7 nitrogen and oxygen atoms in total. The number of rotatable bonds is 3. The van der Waals surface area contributed by atoms with Gasteiger partial charge in [0, 0.05) is 17.3 Å². The van der Waals surface area contributed by atoms with Crippen LogP contribution in [0.5, 0.6) is 0 Å². The summed E-state index contributed by atoms with van der Waals surface area (Å²) >= 11 is 0. The number of aromatic nitrogens is 4. The Balaban J connectivity index is 1.56. The number of anilines is 1. The summed E-state index contributed by atoms with van der Waals surface area (Å²) in [6.07, 6.45) is 4.49. The third-order valence-electron chi connectivity index (χ3n) is 4.10. The predicted molar refractivity (Wildman–Crippen MR) is 92.8 cm³/mol. The average Bonchev–Trinajstić information content (AvgIpc) is 3.25. The normalized spacial score (nSPS) is 11.0. The van der Waals surface area contributed by atoms with Crippen molar-refractivity contribution >= 4 is 22.6 Å². The Morgan fingerprint density at radius 1 is 1.20 bits per heavy atom. The molecule has 0 fully saturated rings. The third-order valence-corrected chi connectivity index (χ3v) is 4.10. The Morgan fingerprint density at radius 2 is 2.08 bits per heavy atom. The highest BCUT2D eigenvalue weighted by molar-refractivity contribution is 6.05. The molecule has 3 aromatic heterocycles. The van der Waals surface area contributed by atoms with Crippen molar-refractivity contribution in [1.82, 2.24) is 19.7 Å². The van der Waals surface area contributed by atoms with Crippen LogP contribution in [-0.2, 0) is 0 Å². The minimum Gasteiger partial charge on any atom is -0.461 e. The quantitative estimate of drug-likeness (QED) is 0.622. The van der Waals surface area contributed by atoms with E-state index in [1.807, 2.05) is 32.0 Å². The van der Waals surface area contributed by atoms with Gasteiger partial charge in [-0.25, -0.2) is 14.6 Å². The van der Waals surface area contributed by atoms with Gasteiger partial charge in [-0.3, -0.25) is 4.79 Å². The topological polar surface area (TPSA) is 85.8 Å². The molecule has 1 amide bonds.